The van der Waals surface area contributed by atoms with E-state index in [2.05, 4.69) is 0 Å². The lowest BCUT2D eigenvalue weighted by Gasteiger charge is -2.02. The van der Waals surface area contributed by atoms with Gasteiger partial charge in [-0.1, -0.05) is 6.92 Å². The summed E-state index contributed by atoms with van der Waals surface area (Å²) in [6.07, 6.45) is 0.703. The van der Waals surface area contributed by atoms with E-state index in [1.807, 2.05) is 6.92 Å². The van der Waals surface area contributed by atoms with Crippen LogP contribution in [0, 0.1) is 0 Å². The van der Waals surface area contributed by atoms with Crippen molar-refractivity contribution in [2.24, 2.45) is 0 Å². The van der Waals surface area contributed by atoms with E-state index in [0.717, 1.165) is 13.0 Å². The summed E-state index contributed by atoms with van der Waals surface area (Å²) in [6, 6.07) is 0. The van der Waals surface area contributed by atoms with Crippen molar-refractivity contribution in [3.63, 3.8) is 0 Å². The number of ether oxygens (including phenoxy) is 1. The summed E-state index contributed by atoms with van der Waals surface area (Å²) in [7, 11) is 0. The van der Waals surface area contributed by atoms with Gasteiger partial charge in [-0.2, -0.15) is 0 Å². The first-order chi connectivity index (χ1) is 5.68. The zero-order chi connectivity index (χ0) is 9.82. The van der Waals surface area contributed by atoms with Crippen molar-refractivity contribution in [1.82, 2.24) is 0 Å². The van der Waals surface area contributed by atoms with Crippen LogP contribution in [0.25, 0.3) is 0 Å². The van der Waals surface area contributed by atoms with Gasteiger partial charge in [-0.15, -0.1) is 0 Å². The quantitative estimate of drug-likeness (QED) is 0.511. The molecule has 0 saturated heterocycles. The molecule has 0 aromatic carbocycles. The largest absolute Gasteiger partial charge is 0.394 e. The molecule has 3 N–H and O–H groups in total. The van der Waals surface area contributed by atoms with Crippen LogP contribution in [0.15, 0.2) is 0 Å². The van der Waals surface area contributed by atoms with Crippen LogP contribution < -0.4 is 0 Å². The van der Waals surface area contributed by atoms with Crippen LogP contribution in [0.3, 0.4) is 0 Å². The minimum atomic E-state index is -0.318. The molecule has 0 radical (unpaired) electrons. The van der Waals surface area contributed by atoms with Crippen LogP contribution in [0.2, 0.25) is 0 Å². The molecule has 0 aliphatic carbocycles. The number of aliphatic hydroxyl groups excluding tert-OH is 3. The molecule has 0 amide bonds. The Balaban J connectivity index is 0. The number of rotatable bonds is 5. The van der Waals surface area contributed by atoms with Crippen molar-refractivity contribution in [3.05, 3.63) is 0 Å². The van der Waals surface area contributed by atoms with E-state index in [-0.39, 0.29) is 19.3 Å². The molecule has 0 aromatic rings. The smallest absolute Gasteiger partial charge is 0.0745 e. The van der Waals surface area contributed by atoms with Gasteiger partial charge < -0.3 is 20.1 Å². The molecule has 0 saturated carbocycles. The molecule has 0 spiro atoms. The highest BCUT2D eigenvalue weighted by molar-refractivity contribution is 4.39. The topological polar surface area (TPSA) is 69.9 Å². The number of aliphatic hydroxyl groups is 3. The van der Waals surface area contributed by atoms with Crippen molar-refractivity contribution >= 4 is 0 Å². The summed E-state index contributed by atoms with van der Waals surface area (Å²) in [4.78, 5) is 0. The first kappa shape index (κ1) is 14.4. The standard InChI is InChI=1S/C6H14O2.C2H6O2/c1-3-4-8-5-6(2)7;3-1-2-4/h6-7H,3-5H2,1-2H3;3-4H,1-2H2. The van der Waals surface area contributed by atoms with Crippen LogP contribution in [0.1, 0.15) is 20.3 Å². The monoisotopic (exact) mass is 180 g/mol. The van der Waals surface area contributed by atoms with Crippen molar-refractivity contribution in [2.75, 3.05) is 26.4 Å². The third kappa shape index (κ3) is 22.5. The van der Waals surface area contributed by atoms with Gasteiger partial charge in [-0.3, -0.25) is 0 Å². The van der Waals surface area contributed by atoms with Gasteiger partial charge in [-0.25, -0.2) is 0 Å². The van der Waals surface area contributed by atoms with Crippen molar-refractivity contribution in [2.45, 2.75) is 26.4 Å². The van der Waals surface area contributed by atoms with Gasteiger partial charge in [0, 0.05) is 6.61 Å². The van der Waals surface area contributed by atoms with Gasteiger partial charge in [0.25, 0.3) is 0 Å². The molecule has 0 aliphatic rings. The van der Waals surface area contributed by atoms with Gasteiger partial charge in [0.2, 0.25) is 0 Å². The zero-order valence-electron chi connectivity index (χ0n) is 7.86. The van der Waals surface area contributed by atoms with E-state index in [4.69, 9.17) is 20.1 Å². The fraction of sp³-hybridized carbons (Fsp3) is 1.00. The highest BCUT2D eigenvalue weighted by Crippen LogP contribution is 1.83. The lowest BCUT2D eigenvalue weighted by molar-refractivity contribution is 0.0466. The fourth-order valence-electron chi connectivity index (χ4n) is 0.398. The molecule has 12 heavy (non-hydrogen) atoms. The second-order valence-electron chi connectivity index (χ2n) is 2.37. The van der Waals surface area contributed by atoms with Crippen molar-refractivity contribution in [3.8, 4) is 0 Å². The van der Waals surface area contributed by atoms with E-state index in [9.17, 15) is 0 Å². The summed E-state index contributed by atoms with van der Waals surface area (Å²) in [5, 5.41) is 23.9. The summed E-state index contributed by atoms with van der Waals surface area (Å²) in [6.45, 7) is 4.73. The zero-order valence-corrected chi connectivity index (χ0v) is 7.86. The van der Waals surface area contributed by atoms with Gasteiger partial charge in [0.1, 0.15) is 0 Å². The van der Waals surface area contributed by atoms with E-state index >= 15 is 0 Å². The van der Waals surface area contributed by atoms with Crippen LogP contribution in [-0.4, -0.2) is 47.9 Å². The Bertz CT molecular complexity index is 64.1. The fourth-order valence-corrected chi connectivity index (χ4v) is 0.398. The number of hydrogen-bond donors (Lipinski definition) is 3. The highest BCUT2D eigenvalue weighted by Gasteiger charge is 1.91. The summed E-state index contributed by atoms with van der Waals surface area (Å²) < 4.78 is 4.99. The summed E-state index contributed by atoms with van der Waals surface area (Å²) >= 11 is 0. The van der Waals surface area contributed by atoms with Crippen LogP contribution in [-0.2, 0) is 4.74 Å². The Morgan fingerprint density at radius 2 is 1.75 bits per heavy atom. The van der Waals surface area contributed by atoms with Gasteiger partial charge in [-0.05, 0) is 13.3 Å². The highest BCUT2D eigenvalue weighted by atomic mass is 16.5. The molecule has 0 fully saturated rings. The lowest BCUT2D eigenvalue weighted by Crippen LogP contribution is -2.10. The molecule has 0 heterocycles. The summed E-state index contributed by atoms with van der Waals surface area (Å²) in [5.74, 6) is 0. The van der Waals surface area contributed by atoms with Crippen LogP contribution in [0.4, 0.5) is 0 Å². The van der Waals surface area contributed by atoms with E-state index in [1.54, 1.807) is 6.92 Å². The van der Waals surface area contributed by atoms with E-state index in [1.165, 1.54) is 0 Å². The maximum Gasteiger partial charge on any atom is 0.0745 e. The van der Waals surface area contributed by atoms with Gasteiger partial charge in [0.15, 0.2) is 0 Å². The Morgan fingerprint density at radius 3 is 2.00 bits per heavy atom. The Kier molecular flexibility index (Phi) is 16.1. The Labute approximate surface area is 73.8 Å². The average molecular weight is 180 g/mol. The molecule has 0 aliphatic heterocycles. The molecule has 4 heteroatoms. The maximum atomic E-state index is 8.65. The van der Waals surface area contributed by atoms with Gasteiger partial charge >= 0.3 is 0 Å². The minimum Gasteiger partial charge on any atom is -0.394 e. The van der Waals surface area contributed by atoms with Gasteiger partial charge in [0.05, 0.1) is 25.9 Å². The molecule has 0 rings (SSSR count). The molecular formula is C8H20O4. The maximum absolute atomic E-state index is 8.65. The third-order valence-electron chi connectivity index (χ3n) is 0.808. The van der Waals surface area contributed by atoms with E-state index in [0.29, 0.717) is 6.61 Å². The number of hydrogen-bond acceptors (Lipinski definition) is 4. The van der Waals surface area contributed by atoms with Crippen LogP contribution >= 0.6 is 0 Å². The average Bonchev–Trinajstić information content (AvgIpc) is 2.05. The second-order valence-corrected chi connectivity index (χ2v) is 2.37. The van der Waals surface area contributed by atoms with Crippen molar-refractivity contribution in [1.29, 1.82) is 0 Å². The summed E-state index contributed by atoms with van der Waals surface area (Å²) in [5.41, 5.74) is 0. The SMILES string of the molecule is CCCOCC(C)O.OCCO. The van der Waals surface area contributed by atoms with E-state index < -0.39 is 0 Å². The third-order valence-corrected chi connectivity index (χ3v) is 0.808. The predicted octanol–water partition coefficient (Wildman–Crippen LogP) is -0.235. The molecule has 76 valence electrons. The molecule has 0 bridgehead atoms. The van der Waals surface area contributed by atoms with Crippen LogP contribution in [0.5, 0.6) is 0 Å². The Morgan fingerprint density at radius 1 is 1.25 bits per heavy atom. The molecule has 1 unspecified atom stereocenters. The first-order valence-corrected chi connectivity index (χ1v) is 4.16. The Hall–Kier alpha value is -0.160. The minimum absolute atomic E-state index is 0.125. The lowest BCUT2D eigenvalue weighted by atomic mass is 10.4. The molecular weight excluding hydrogens is 160 g/mol. The first-order valence-electron chi connectivity index (χ1n) is 4.16. The molecule has 1 atom stereocenters. The predicted molar refractivity (Wildman–Crippen MR) is 47.0 cm³/mol. The van der Waals surface area contributed by atoms with Crippen molar-refractivity contribution < 1.29 is 20.1 Å². The molecule has 4 nitrogen and oxygen atoms in total. The normalized spacial score (nSPS) is 11.8. The molecule has 0 aromatic heterocycles. The second kappa shape index (κ2) is 13.4.